The predicted molar refractivity (Wildman–Crippen MR) is 156 cm³/mol. The number of aryl methyl sites for hydroxylation is 1. The Morgan fingerprint density at radius 1 is 0.854 bits per heavy atom. The molecule has 0 aliphatic carbocycles. The van der Waals surface area contributed by atoms with E-state index in [-0.39, 0.29) is 23.4 Å². The van der Waals surface area contributed by atoms with Crippen LogP contribution >= 0.6 is 0 Å². The number of fused-ring (bicyclic) bond motifs is 1. The van der Waals surface area contributed by atoms with Gasteiger partial charge in [0.15, 0.2) is 6.10 Å². The standard InChI is InChI=1S/C32H26N4O5/c1-3-28(31(37)35-26-19-24(36(39)40)16-14-20(26)2)41-32(38)23-15-17-25-27(18-23)34-30(22-12-8-5-9-13-22)29(33-25)21-10-6-4-7-11-21/h4-19,28H,3H2,1-2H3,(H,35,37). The first-order valence-electron chi connectivity index (χ1n) is 13.0. The summed E-state index contributed by atoms with van der Waals surface area (Å²) >= 11 is 0. The SMILES string of the molecule is CCC(OC(=O)c1ccc2nc(-c3ccccc3)c(-c3ccccc3)nc2c1)C(=O)Nc1cc([N+](=O)[O-])ccc1C. The van der Waals surface area contributed by atoms with Crippen LogP contribution in [0.25, 0.3) is 33.5 Å². The van der Waals surface area contributed by atoms with Crippen molar-refractivity contribution in [1.29, 1.82) is 0 Å². The van der Waals surface area contributed by atoms with Gasteiger partial charge in [-0.05, 0) is 37.1 Å². The number of amides is 1. The molecular formula is C32H26N4O5. The van der Waals surface area contributed by atoms with E-state index in [0.29, 0.717) is 22.3 Å². The molecule has 5 aromatic rings. The fourth-order valence-corrected chi connectivity index (χ4v) is 4.37. The Morgan fingerprint density at radius 2 is 1.46 bits per heavy atom. The first-order valence-corrected chi connectivity index (χ1v) is 13.0. The average molecular weight is 547 g/mol. The molecule has 204 valence electrons. The minimum absolute atomic E-state index is 0.154. The molecule has 0 bridgehead atoms. The van der Waals surface area contributed by atoms with Crippen LogP contribution in [0, 0.1) is 17.0 Å². The van der Waals surface area contributed by atoms with E-state index in [1.54, 1.807) is 38.1 Å². The van der Waals surface area contributed by atoms with Crippen LogP contribution in [0.4, 0.5) is 11.4 Å². The van der Waals surface area contributed by atoms with E-state index in [4.69, 9.17) is 14.7 Å². The molecule has 9 heteroatoms. The molecule has 1 N–H and O–H groups in total. The van der Waals surface area contributed by atoms with Crippen LogP contribution in [0.15, 0.2) is 97.1 Å². The number of carbonyl (C=O) groups excluding carboxylic acids is 2. The lowest BCUT2D eigenvalue weighted by atomic mass is 10.0. The number of hydrogen-bond acceptors (Lipinski definition) is 7. The molecule has 0 fully saturated rings. The maximum atomic E-state index is 13.1. The van der Waals surface area contributed by atoms with E-state index in [0.717, 1.165) is 16.8 Å². The third kappa shape index (κ3) is 5.94. The molecule has 1 amide bonds. The molecular weight excluding hydrogens is 520 g/mol. The highest BCUT2D eigenvalue weighted by Crippen LogP contribution is 2.31. The van der Waals surface area contributed by atoms with Gasteiger partial charge in [-0.15, -0.1) is 0 Å². The number of ether oxygens (including phenoxy) is 1. The van der Waals surface area contributed by atoms with E-state index >= 15 is 0 Å². The van der Waals surface area contributed by atoms with E-state index in [1.807, 2.05) is 60.7 Å². The van der Waals surface area contributed by atoms with Gasteiger partial charge in [-0.2, -0.15) is 0 Å². The van der Waals surface area contributed by atoms with Crippen LogP contribution in [0.3, 0.4) is 0 Å². The van der Waals surface area contributed by atoms with Crippen LogP contribution in [0.1, 0.15) is 29.3 Å². The number of nitro benzene ring substituents is 1. The van der Waals surface area contributed by atoms with Crippen LogP contribution in [0.2, 0.25) is 0 Å². The van der Waals surface area contributed by atoms with Crippen LogP contribution in [-0.2, 0) is 9.53 Å². The number of non-ortho nitro benzene ring substituents is 1. The summed E-state index contributed by atoms with van der Waals surface area (Å²) in [7, 11) is 0. The van der Waals surface area contributed by atoms with E-state index in [1.165, 1.54) is 12.1 Å². The fourth-order valence-electron chi connectivity index (χ4n) is 4.37. The van der Waals surface area contributed by atoms with Crippen molar-refractivity contribution >= 4 is 34.3 Å². The van der Waals surface area contributed by atoms with Gasteiger partial charge in [-0.3, -0.25) is 14.9 Å². The molecule has 0 spiro atoms. The molecule has 1 heterocycles. The number of benzene rings is 4. The van der Waals surface area contributed by atoms with E-state index in [2.05, 4.69) is 5.32 Å². The summed E-state index contributed by atoms with van der Waals surface area (Å²) in [6, 6.07) is 28.5. The molecule has 4 aromatic carbocycles. The maximum Gasteiger partial charge on any atom is 0.338 e. The summed E-state index contributed by atoms with van der Waals surface area (Å²) in [4.78, 5) is 46.4. The lowest BCUT2D eigenvalue weighted by Gasteiger charge is -2.17. The lowest BCUT2D eigenvalue weighted by molar-refractivity contribution is -0.384. The van der Waals surface area contributed by atoms with E-state index in [9.17, 15) is 19.7 Å². The Morgan fingerprint density at radius 3 is 2.05 bits per heavy atom. The second kappa shape index (κ2) is 11.7. The van der Waals surface area contributed by atoms with Gasteiger partial charge >= 0.3 is 5.97 Å². The Hall–Kier alpha value is -5.44. The summed E-state index contributed by atoms with van der Waals surface area (Å²) in [5, 5.41) is 13.8. The van der Waals surface area contributed by atoms with Gasteiger partial charge in [-0.1, -0.05) is 73.7 Å². The molecule has 1 aromatic heterocycles. The molecule has 0 aliphatic heterocycles. The number of carbonyl (C=O) groups is 2. The zero-order valence-electron chi connectivity index (χ0n) is 22.4. The zero-order chi connectivity index (χ0) is 28.9. The summed E-state index contributed by atoms with van der Waals surface area (Å²) < 4.78 is 5.56. The number of nitrogens with zero attached hydrogens (tertiary/aromatic N) is 3. The number of rotatable bonds is 8. The number of anilines is 1. The fraction of sp³-hybridized carbons (Fsp3) is 0.125. The number of nitro groups is 1. The predicted octanol–water partition coefficient (Wildman–Crippen LogP) is 6.75. The molecule has 9 nitrogen and oxygen atoms in total. The zero-order valence-corrected chi connectivity index (χ0v) is 22.4. The van der Waals surface area contributed by atoms with Gasteiger partial charge in [-0.25, -0.2) is 14.8 Å². The molecule has 5 rings (SSSR count). The molecule has 1 unspecified atom stereocenters. The number of hydrogen-bond donors (Lipinski definition) is 1. The maximum absolute atomic E-state index is 13.1. The Bertz CT molecular complexity index is 1760. The Labute approximate surface area is 236 Å². The monoisotopic (exact) mass is 546 g/mol. The number of esters is 1. The molecule has 0 aliphatic rings. The largest absolute Gasteiger partial charge is 0.449 e. The van der Waals surface area contributed by atoms with Crippen molar-refractivity contribution in [3.8, 4) is 22.5 Å². The van der Waals surface area contributed by atoms with Crippen molar-refractivity contribution in [2.24, 2.45) is 0 Å². The lowest BCUT2D eigenvalue weighted by Crippen LogP contribution is -2.32. The highest BCUT2D eigenvalue weighted by molar-refractivity contribution is 5.99. The van der Waals surface area contributed by atoms with Gasteiger partial charge in [0.05, 0.1) is 38.6 Å². The first-order chi connectivity index (χ1) is 19.8. The van der Waals surface area contributed by atoms with Crippen LogP contribution in [0.5, 0.6) is 0 Å². The Kier molecular flexibility index (Phi) is 7.78. The normalized spacial score (nSPS) is 11.6. The van der Waals surface area contributed by atoms with Crippen molar-refractivity contribution < 1.29 is 19.2 Å². The molecule has 0 saturated heterocycles. The third-order valence-electron chi connectivity index (χ3n) is 6.60. The van der Waals surface area contributed by atoms with Crippen molar-refractivity contribution in [1.82, 2.24) is 9.97 Å². The second-order valence-electron chi connectivity index (χ2n) is 9.40. The quantitative estimate of drug-likeness (QED) is 0.130. The molecule has 0 saturated carbocycles. The summed E-state index contributed by atoms with van der Waals surface area (Å²) in [6.07, 6.45) is -0.902. The topological polar surface area (TPSA) is 124 Å². The smallest absolute Gasteiger partial charge is 0.338 e. The Balaban J connectivity index is 1.43. The highest BCUT2D eigenvalue weighted by Gasteiger charge is 2.24. The van der Waals surface area contributed by atoms with Gasteiger partial charge in [0.1, 0.15) is 0 Å². The first kappa shape index (κ1) is 27.1. The summed E-state index contributed by atoms with van der Waals surface area (Å²) in [5.74, 6) is -1.27. The summed E-state index contributed by atoms with van der Waals surface area (Å²) in [6.45, 7) is 3.43. The van der Waals surface area contributed by atoms with Crippen LogP contribution in [-0.4, -0.2) is 32.9 Å². The highest BCUT2D eigenvalue weighted by atomic mass is 16.6. The van der Waals surface area contributed by atoms with Gasteiger partial charge < -0.3 is 10.1 Å². The average Bonchev–Trinajstić information content (AvgIpc) is 3.00. The van der Waals surface area contributed by atoms with Gasteiger partial charge in [0.25, 0.3) is 11.6 Å². The molecule has 1 atom stereocenters. The van der Waals surface area contributed by atoms with Crippen molar-refractivity contribution in [3.05, 3.63) is 118 Å². The van der Waals surface area contributed by atoms with Gasteiger partial charge in [0.2, 0.25) is 0 Å². The van der Waals surface area contributed by atoms with Crippen molar-refractivity contribution in [3.63, 3.8) is 0 Å². The van der Waals surface area contributed by atoms with E-state index < -0.39 is 22.9 Å². The number of aromatic nitrogens is 2. The van der Waals surface area contributed by atoms with Gasteiger partial charge in [0, 0.05) is 23.3 Å². The number of nitrogens with one attached hydrogen (secondary N) is 1. The van der Waals surface area contributed by atoms with Crippen LogP contribution < -0.4 is 5.32 Å². The minimum Gasteiger partial charge on any atom is -0.449 e. The minimum atomic E-state index is -1.11. The summed E-state index contributed by atoms with van der Waals surface area (Å²) in [5.41, 5.74) is 5.28. The molecule has 41 heavy (non-hydrogen) atoms. The second-order valence-corrected chi connectivity index (χ2v) is 9.40. The van der Waals surface area contributed by atoms with Crippen molar-refractivity contribution in [2.75, 3.05) is 5.32 Å². The van der Waals surface area contributed by atoms with Crippen molar-refractivity contribution in [2.45, 2.75) is 26.4 Å². The third-order valence-corrected chi connectivity index (χ3v) is 6.60. The molecule has 0 radical (unpaired) electrons.